The van der Waals surface area contributed by atoms with Crippen LogP contribution >= 0.6 is 15.9 Å². The second-order valence-electron chi connectivity index (χ2n) is 4.20. The lowest BCUT2D eigenvalue weighted by Gasteiger charge is -2.09. The van der Waals surface area contributed by atoms with Crippen LogP contribution in [0.4, 0.5) is 5.82 Å². The minimum absolute atomic E-state index is 0.526. The number of rotatable bonds is 5. The lowest BCUT2D eigenvalue weighted by atomic mass is 10.2. The van der Waals surface area contributed by atoms with Crippen molar-refractivity contribution in [3.63, 3.8) is 0 Å². The highest BCUT2D eigenvalue weighted by Crippen LogP contribution is 2.29. The maximum atomic E-state index is 5.75. The Morgan fingerprint density at radius 2 is 2.11 bits per heavy atom. The van der Waals surface area contributed by atoms with E-state index in [1.807, 2.05) is 25.1 Å². The molecule has 0 radical (unpaired) electrons. The van der Waals surface area contributed by atoms with Gasteiger partial charge in [0.2, 0.25) is 5.88 Å². The summed E-state index contributed by atoms with van der Waals surface area (Å²) in [6.07, 6.45) is 2.54. The molecule has 0 fully saturated rings. The Balaban J connectivity index is 2.14. The average Bonchev–Trinajstić information content (AvgIpc) is 2.40. The van der Waals surface area contributed by atoms with Gasteiger partial charge in [-0.25, -0.2) is 9.97 Å². The van der Waals surface area contributed by atoms with Gasteiger partial charge < -0.3 is 10.1 Å². The largest absolute Gasteiger partial charge is 0.438 e. The van der Waals surface area contributed by atoms with Crippen LogP contribution in [0.3, 0.4) is 0 Å². The summed E-state index contributed by atoms with van der Waals surface area (Å²) in [5, 5.41) is 3.20. The molecular weight excluding hydrogens is 306 g/mol. The Hall–Kier alpha value is -1.62. The van der Waals surface area contributed by atoms with Gasteiger partial charge in [0.15, 0.2) is 0 Å². The zero-order valence-electron chi connectivity index (χ0n) is 11.0. The molecule has 0 spiro atoms. The van der Waals surface area contributed by atoms with Crippen LogP contribution in [0.1, 0.15) is 18.9 Å². The van der Waals surface area contributed by atoms with Crippen molar-refractivity contribution in [1.82, 2.24) is 9.97 Å². The standard InChI is InChI=1S/C14H16BrN3O/c1-3-6-16-13-8-14(18-9-17-13)19-12-5-4-10(2)7-11(12)15/h4-5,7-9H,3,6H2,1-2H3,(H,16,17,18). The molecule has 0 unspecified atom stereocenters. The van der Waals surface area contributed by atoms with Gasteiger partial charge in [-0.3, -0.25) is 0 Å². The first-order valence-electron chi connectivity index (χ1n) is 6.19. The zero-order valence-corrected chi connectivity index (χ0v) is 12.6. The highest BCUT2D eigenvalue weighted by molar-refractivity contribution is 9.10. The molecule has 19 heavy (non-hydrogen) atoms. The number of aromatic nitrogens is 2. The van der Waals surface area contributed by atoms with Gasteiger partial charge in [-0.05, 0) is 47.0 Å². The molecule has 0 aliphatic carbocycles. The third kappa shape index (κ3) is 3.92. The zero-order chi connectivity index (χ0) is 13.7. The van der Waals surface area contributed by atoms with Crippen LogP contribution in [0.15, 0.2) is 35.1 Å². The molecule has 5 heteroatoms. The summed E-state index contributed by atoms with van der Waals surface area (Å²) in [6, 6.07) is 7.72. The van der Waals surface area contributed by atoms with E-state index in [1.54, 1.807) is 6.07 Å². The van der Waals surface area contributed by atoms with E-state index in [2.05, 4.69) is 38.1 Å². The molecule has 0 saturated heterocycles. The fourth-order valence-electron chi connectivity index (χ4n) is 1.55. The Labute approximate surface area is 121 Å². The molecule has 0 saturated carbocycles. The van der Waals surface area contributed by atoms with Gasteiger partial charge in [-0.1, -0.05) is 13.0 Å². The van der Waals surface area contributed by atoms with Gasteiger partial charge in [0.05, 0.1) is 4.47 Å². The first-order chi connectivity index (χ1) is 9.19. The lowest BCUT2D eigenvalue weighted by molar-refractivity contribution is 0.459. The third-order valence-electron chi connectivity index (χ3n) is 2.50. The van der Waals surface area contributed by atoms with Crippen LogP contribution in [0.5, 0.6) is 11.6 Å². The van der Waals surface area contributed by atoms with Crippen molar-refractivity contribution >= 4 is 21.7 Å². The van der Waals surface area contributed by atoms with Gasteiger partial charge in [0.25, 0.3) is 0 Å². The van der Waals surface area contributed by atoms with E-state index in [0.29, 0.717) is 5.88 Å². The van der Waals surface area contributed by atoms with Crippen molar-refractivity contribution in [2.45, 2.75) is 20.3 Å². The van der Waals surface area contributed by atoms with Gasteiger partial charge in [0, 0.05) is 12.6 Å². The topological polar surface area (TPSA) is 47.0 Å². The number of aryl methyl sites for hydroxylation is 1. The molecule has 1 aromatic carbocycles. The smallest absolute Gasteiger partial charge is 0.224 e. The number of anilines is 1. The van der Waals surface area contributed by atoms with Crippen molar-refractivity contribution < 1.29 is 4.74 Å². The summed E-state index contributed by atoms with van der Waals surface area (Å²) in [5.74, 6) is 2.04. The first kappa shape index (κ1) is 13.8. The molecule has 1 heterocycles. The predicted molar refractivity (Wildman–Crippen MR) is 79.8 cm³/mol. The van der Waals surface area contributed by atoms with Crippen LogP contribution in [-0.2, 0) is 0 Å². The van der Waals surface area contributed by atoms with Crippen molar-refractivity contribution in [1.29, 1.82) is 0 Å². The molecule has 1 N–H and O–H groups in total. The highest BCUT2D eigenvalue weighted by atomic mass is 79.9. The fourth-order valence-corrected chi connectivity index (χ4v) is 2.12. The highest BCUT2D eigenvalue weighted by Gasteiger charge is 2.05. The Morgan fingerprint density at radius 1 is 1.26 bits per heavy atom. The second kappa shape index (κ2) is 6.52. The monoisotopic (exact) mass is 321 g/mol. The third-order valence-corrected chi connectivity index (χ3v) is 3.12. The molecule has 0 aliphatic rings. The lowest BCUT2D eigenvalue weighted by Crippen LogP contribution is -2.02. The van der Waals surface area contributed by atoms with Gasteiger partial charge >= 0.3 is 0 Å². The molecular formula is C14H16BrN3O. The van der Waals surface area contributed by atoms with Crippen molar-refractivity contribution in [3.8, 4) is 11.6 Å². The van der Waals surface area contributed by atoms with E-state index >= 15 is 0 Å². The summed E-state index contributed by atoms with van der Waals surface area (Å²) in [7, 11) is 0. The molecule has 0 amide bonds. The Morgan fingerprint density at radius 3 is 2.84 bits per heavy atom. The molecule has 0 atom stereocenters. The normalized spacial score (nSPS) is 10.3. The van der Waals surface area contributed by atoms with E-state index in [-0.39, 0.29) is 0 Å². The molecule has 2 rings (SSSR count). The summed E-state index contributed by atoms with van der Waals surface area (Å²) in [4.78, 5) is 8.25. The van der Waals surface area contributed by atoms with Crippen molar-refractivity contribution in [3.05, 3.63) is 40.6 Å². The number of hydrogen-bond donors (Lipinski definition) is 1. The molecule has 100 valence electrons. The van der Waals surface area contributed by atoms with Gasteiger partial charge in [-0.2, -0.15) is 0 Å². The maximum absolute atomic E-state index is 5.75. The Bertz CT molecular complexity index is 560. The van der Waals surface area contributed by atoms with E-state index in [1.165, 1.54) is 11.9 Å². The van der Waals surface area contributed by atoms with Crippen LogP contribution in [0.2, 0.25) is 0 Å². The maximum Gasteiger partial charge on any atom is 0.224 e. The first-order valence-corrected chi connectivity index (χ1v) is 6.98. The van der Waals surface area contributed by atoms with E-state index < -0.39 is 0 Å². The Kier molecular flexibility index (Phi) is 4.74. The minimum atomic E-state index is 0.526. The number of halogens is 1. The second-order valence-corrected chi connectivity index (χ2v) is 5.06. The molecule has 2 aromatic rings. The number of benzene rings is 1. The number of hydrogen-bond acceptors (Lipinski definition) is 4. The summed E-state index contributed by atoms with van der Waals surface area (Å²) in [6.45, 7) is 5.02. The number of nitrogens with one attached hydrogen (secondary N) is 1. The van der Waals surface area contributed by atoms with Gasteiger partial charge in [-0.15, -0.1) is 0 Å². The van der Waals surface area contributed by atoms with Crippen LogP contribution in [-0.4, -0.2) is 16.5 Å². The quantitative estimate of drug-likeness (QED) is 0.898. The molecule has 0 aliphatic heterocycles. The van der Waals surface area contributed by atoms with Crippen LogP contribution < -0.4 is 10.1 Å². The van der Waals surface area contributed by atoms with E-state index in [9.17, 15) is 0 Å². The predicted octanol–water partition coefficient (Wildman–Crippen LogP) is 4.16. The van der Waals surface area contributed by atoms with Crippen molar-refractivity contribution in [2.75, 3.05) is 11.9 Å². The summed E-state index contributed by atoms with van der Waals surface area (Å²) in [5.41, 5.74) is 1.17. The fraction of sp³-hybridized carbons (Fsp3) is 0.286. The summed E-state index contributed by atoms with van der Waals surface area (Å²) >= 11 is 3.48. The van der Waals surface area contributed by atoms with E-state index in [4.69, 9.17) is 4.74 Å². The molecule has 4 nitrogen and oxygen atoms in total. The van der Waals surface area contributed by atoms with E-state index in [0.717, 1.165) is 29.0 Å². The van der Waals surface area contributed by atoms with Gasteiger partial charge in [0.1, 0.15) is 17.9 Å². The van der Waals surface area contributed by atoms with Crippen LogP contribution in [0.25, 0.3) is 0 Å². The number of nitrogens with zero attached hydrogens (tertiary/aromatic N) is 2. The average molecular weight is 322 g/mol. The molecule has 0 bridgehead atoms. The minimum Gasteiger partial charge on any atom is -0.438 e. The number of ether oxygens (including phenoxy) is 1. The molecule has 1 aromatic heterocycles. The SMILES string of the molecule is CCCNc1cc(Oc2ccc(C)cc2Br)ncn1. The van der Waals surface area contributed by atoms with Crippen molar-refractivity contribution in [2.24, 2.45) is 0 Å². The van der Waals surface area contributed by atoms with Crippen LogP contribution in [0, 0.1) is 6.92 Å². The summed E-state index contributed by atoms with van der Waals surface area (Å²) < 4.78 is 6.66.